The second-order valence-electron chi connectivity index (χ2n) is 10.2. The molecule has 4 N–H and O–H groups in total. The summed E-state index contributed by atoms with van der Waals surface area (Å²) in [5.41, 5.74) is 8.13. The van der Waals surface area contributed by atoms with Gasteiger partial charge in [0, 0.05) is 24.6 Å². The lowest BCUT2D eigenvalue weighted by molar-refractivity contribution is -0.384. The Bertz CT molecular complexity index is 1490. The van der Waals surface area contributed by atoms with Gasteiger partial charge < -0.3 is 15.8 Å². The Hall–Kier alpha value is -3.51. The summed E-state index contributed by atoms with van der Waals surface area (Å²) in [6.45, 7) is 2.79. The van der Waals surface area contributed by atoms with Gasteiger partial charge in [-0.15, -0.1) is 0 Å². The van der Waals surface area contributed by atoms with E-state index in [1.54, 1.807) is 0 Å². The van der Waals surface area contributed by atoms with Crippen molar-refractivity contribution in [2.45, 2.75) is 62.7 Å². The van der Waals surface area contributed by atoms with Gasteiger partial charge in [0.25, 0.3) is 5.69 Å². The van der Waals surface area contributed by atoms with Gasteiger partial charge in [0.05, 0.1) is 15.9 Å². The van der Waals surface area contributed by atoms with Crippen LogP contribution in [0.15, 0.2) is 71.6 Å². The number of hydrogen-bond acceptors (Lipinski definition) is 7. The number of nitrogens with two attached hydrogens (primary N) is 1. The molecule has 10 nitrogen and oxygen atoms in total. The minimum Gasteiger partial charge on any atom is -0.489 e. The van der Waals surface area contributed by atoms with Crippen LogP contribution < -0.4 is 20.5 Å². The Morgan fingerprint density at radius 3 is 2.44 bits per heavy atom. The fourth-order valence-electron chi connectivity index (χ4n) is 4.82. The average Bonchev–Trinajstić information content (AvgIpc) is 2.96. The van der Waals surface area contributed by atoms with E-state index in [0.29, 0.717) is 38.8 Å². The highest BCUT2D eigenvalue weighted by molar-refractivity contribution is 7.89. The smallest absolute Gasteiger partial charge is 0.289 e. The van der Waals surface area contributed by atoms with Crippen molar-refractivity contribution in [3.8, 4) is 5.75 Å². The van der Waals surface area contributed by atoms with Crippen LogP contribution in [-0.2, 0) is 28.0 Å². The van der Waals surface area contributed by atoms with Crippen LogP contribution in [0.5, 0.6) is 5.75 Å². The second-order valence-corrected chi connectivity index (χ2v) is 12.3. The van der Waals surface area contributed by atoms with Crippen LogP contribution in [0, 0.1) is 16.0 Å². The zero-order chi connectivity index (χ0) is 29.6. The van der Waals surface area contributed by atoms with Crippen molar-refractivity contribution in [1.29, 1.82) is 0 Å². The largest absolute Gasteiger partial charge is 0.489 e. The number of rotatable bonds is 11. The van der Waals surface area contributed by atoms with Gasteiger partial charge in [0.2, 0.25) is 15.9 Å². The average molecular weight is 601 g/mol. The fourth-order valence-corrected chi connectivity index (χ4v) is 6.33. The summed E-state index contributed by atoms with van der Waals surface area (Å²) in [6, 6.07) is 18.3. The number of carbonyl (C=O) groups is 1. The molecule has 0 radical (unpaired) electrons. The van der Waals surface area contributed by atoms with E-state index in [-0.39, 0.29) is 33.8 Å². The summed E-state index contributed by atoms with van der Waals surface area (Å²) in [4.78, 5) is 23.2. The predicted molar refractivity (Wildman–Crippen MR) is 156 cm³/mol. The summed E-state index contributed by atoms with van der Waals surface area (Å²) >= 11 is 5.80. The van der Waals surface area contributed by atoms with E-state index in [0.717, 1.165) is 28.5 Å². The molecule has 12 heteroatoms. The number of amides is 1. The lowest BCUT2D eigenvalue weighted by Gasteiger charge is -2.29. The number of nitrogens with zero attached hydrogens (tertiary/aromatic N) is 1. The molecule has 218 valence electrons. The van der Waals surface area contributed by atoms with Gasteiger partial charge in [-0.25, -0.2) is 13.1 Å². The normalized spacial score (nSPS) is 17.9. The standard InChI is InChI=1S/C29H33ClN4O6S/c1-19(23-4-2-3-21(15-23)18-40-25-11-5-20(17-31)6-12-25)32-29(35)22-7-9-24(10-8-22)33-41(38,39)26-13-14-27(30)28(16-26)34(36)37/h2-6,11-16,19,22,24,33H,7-10,17-18,31H2,1H3,(H,32,35)/t19-,22?,24?/m1/s1. The molecule has 41 heavy (non-hydrogen) atoms. The summed E-state index contributed by atoms with van der Waals surface area (Å²) in [7, 11) is -3.98. The third kappa shape index (κ3) is 8.04. The molecule has 1 saturated carbocycles. The molecule has 0 aromatic heterocycles. The molecule has 0 aliphatic heterocycles. The number of ether oxygens (including phenoxy) is 1. The SMILES string of the molecule is C[C@@H](NC(=O)C1CCC(NS(=O)(=O)c2ccc(Cl)c([N+](=O)[O-])c2)CC1)c1cccc(COc2ccc(CN)cc2)c1. The quantitative estimate of drug-likeness (QED) is 0.207. The van der Waals surface area contributed by atoms with E-state index in [1.165, 1.54) is 12.1 Å². The maximum atomic E-state index is 13.0. The maximum Gasteiger partial charge on any atom is 0.289 e. The first-order valence-electron chi connectivity index (χ1n) is 13.3. The van der Waals surface area contributed by atoms with Crippen LogP contribution in [0.25, 0.3) is 0 Å². The highest BCUT2D eigenvalue weighted by Gasteiger charge is 2.30. The van der Waals surface area contributed by atoms with Crippen LogP contribution in [0.4, 0.5) is 5.69 Å². The molecule has 1 amide bonds. The Morgan fingerprint density at radius 1 is 1.07 bits per heavy atom. The van der Waals surface area contributed by atoms with Crippen molar-refractivity contribution in [2.75, 3.05) is 0 Å². The van der Waals surface area contributed by atoms with Crippen molar-refractivity contribution in [3.63, 3.8) is 0 Å². The molecular weight excluding hydrogens is 568 g/mol. The van der Waals surface area contributed by atoms with Crippen LogP contribution in [0.2, 0.25) is 5.02 Å². The Kier molecular flexibility index (Phi) is 9.98. The number of benzene rings is 3. The third-order valence-electron chi connectivity index (χ3n) is 7.22. The van der Waals surface area contributed by atoms with Crippen molar-refractivity contribution < 1.29 is 22.9 Å². The molecule has 0 heterocycles. The molecule has 4 rings (SSSR count). The Labute approximate surface area is 244 Å². The monoisotopic (exact) mass is 600 g/mol. The number of halogens is 1. The highest BCUT2D eigenvalue weighted by Crippen LogP contribution is 2.30. The van der Waals surface area contributed by atoms with Gasteiger partial charge in [-0.1, -0.05) is 48.0 Å². The molecule has 0 saturated heterocycles. The predicted octanol–water partition coefficient (Wildman–Crippen LogP) is 5.00. The summed E-state index contributed by atoms with van der Waals surface area (Å²) in [5, 5.41) is 14.1. The fraction of sp³-hybridized carbons (Fsp3) is 0.345. The van der Waals surface area contributed by atoms with E-state index < -0.39 is 20.6 Å². The molecular formula is C29H33ClN4O6S. The summed E-state index contributed by atoms with van der Waals surface area (Å²) < 4.78 is 34.1. The van der Waals surface area contributed by atoms with E-state index in [9.17, 15) is 23.3 Å². The van der Waals surface area contributed by atoms with Gasteiger partial charge in [-0.05, 0) is 73.6 Å². The number of nitro benzene ring substituents is 1. The maximum absolute atomic E-state index is 13.0. The third-order valence-corrected chi connectivity index (χ3v) is 9.06. The molecule has 0 unspecified atom stereocenters. The van der Waals surface area contributed by atoms with Crippen molar-refractivity contribution >= 4 is 33.2 Å². The van der Waals surface area contributed by atoms with E-state index in [1.807, 2.05) is 55.5 Å². The first-order valence-corrected chi connectivity index (χ1v) is 15.2. The Balaban J connectivity index is 1.27. The summed E-state index contributed by atoms with van der Waals surface area (Å²) in [5.74, 6) is 0.438. The van der Waals surface area contributed by atoms with Crippen LogP contribution in [0.1, 0.15) is 55.3 Å². The molecule has 3 aromatic carbocycles. The van der Waals surface area contributed by atoms with Crippen LogP contribution >= 0.6 is 11.6 Å². The van der Waals surface area contributed by atoms with Crippen LogP contribution in [-0.4, -0.2) is 25.3 Å². The van der Waals surface area contributed by atoms with Crippen LogP contribution in [0.3, 0.4) is 0 Å². The minimum absolute atomic E-state index is 0.0752. The molecule has 0 bridgehead atoms. The number of sulfonamides is 1. The number of hydrogen-bond donors (Lipinski definition) is 3. The first kappa shape index (κ1) is 30.4. The zero-order valence-electron chi connectivity index (χ0n) is 22.6. The van der Waals surface area contributed by atoms with Gasteiger partial charge in [-0.3, -0.25) is 14.9 Å². The minimum atomic E-state index is -3.98. The van der Waals surface area contributed by atoms with Crippen molar-refractivity contribution in [3.05, 3.63) is 98.6 Å². The molecule has 1 aliphatic rings. The van der Waals surface area contributed by atoms with Gasteiger partial charge >= 0.3 is 0 Å². The molecule has 1 fully saturated rings. The Morgan fingerprint density at radius 2 is 1.78 bits per heavy atom. The first-order chi connectivity index (χ1) is 19.6. The van der Waals surface area contributed by atoms with Crippen molar-refractivity contribution in [1.82, 2.24) is 10.0 Å². The van der Waals surface area contributed by atoms with Crippen molar-refractivity contribution in [2.24, 2.45) is 11.7 Å². The number of carbonyl (C=O) groups excluding carboxylic acids is 1. The topological polar surface area (TPSA) is 154 Å². The highest BCUT2D eigenvalue weighted by atomic mass is 35.5. The zero-order valence-corrected chi connectivity index (χ0v) is 24.2. The molecule has 0 spiro atoms. The van der Waals surface area contributed by atoms with Gasteiger partial charge in [-0.2, -0.15) is 0 Å². The van der Waals surface area contributed by atoms with Gasteiger partial charge in [0.15, 0.2) is 0 Å². The lowest BCUT2D eigenvalue weighted by atomic mass is 9.85. The lowest BCUT2D eigenvalue weighted by Crippen LogP contribution is -2.41. The number of nitrogens with one attached hydrogen (secondary N) is 2. The van der Waals surface area contributed by atoms with Gasteiger partial charge in [0.1, 0.15) is 17.4 Å². The van der Waals surface area contributed by atoms with E-state index in [2.05, 4.69) is 10.0 Å². The summed E-state index contributed by atoms with van der Waals surface area (Å²) in [6.07, 6.45) is 1.98. The molecule has 1 atom stereocenters. The molecule has 3 aromatic rings. The van der Waals surface area contributed by atoms with E-state index in [4.69, 9.17) is 22.1 Å². The second kappa shape index (κ2) is 13.4. The molecule has 1 aliphatic carbocycles. The van der Waals surface area contributed by atoms with E-state index >= 15 is 0 Å². The number of nitro groups is 1.